The van der Waals surface area contributed by atoms with Crippen molar-refractivity contribution in [3.63, 3.8) is 0 Å². The van der Waals surface area contributed by atoms with E-state index in [4.69, 9.17) is 0 Å². The SMILES string of the molecule is CCC=CNCC.Cl. The summed E-state index contributed by atoms with van der Waals surface area (Å²) >= 11 is 0. The molecule has 0 amide bonds. The van der Waals surface area contributed by atoms with Gasteiger partial charge in [0.15, 0.2) is 0 Å². The summed E-state index contributed by atoms with van der Waals surface area (Å²) in [5, 5.41) is 3.07. The maximum atomic E-state index is 3.07. The maximum Gasteiger partial charge on any atom is 0.0112 e. The van der Waals surface area contributed by atoms with Crippen LogP contribution in [0.4, 0.5) is 0 Å². The number of nitrogens with one attached hydrogen (secondary N) is 1. The second-order valence-corrected chi connectivity index (χ2v) is 1.37. The van der Waals surface area contributed by atoms with Crippen LogP contribution in [-0.4, -0.2) is 6.54 Å². The zero-order valence-electron chi connectivity index (χ0n) is 5.48. The Balaban J connectivity index is 0. The molecule has 0 saturated carbocycles. The van der Waals surface area contributed by atoms with Crippen LogP contribution in [0.5, 0.6) is 0 Å². The van der Waals surface area contributed by atoms with Crippen LogP contribution >= 0.6 is 12.4 Å². The highest BCUT2D eigenvalue weighted by Gasteiger charge is 1.63. The third-order valence-electron chi connectivity index (χ3n) is 0.676. The van der Waals surface area contributed by atoms with Gasteiger partial charge in [0.2, 0.25) is 0 Å². The minimum Gasteiger partial charge on any atom is -0.391 e. The molecule has 0 bridgehead atoms. The number of rotatable bonds is 3. The molecule has 8 heavy (non-hydrogen) atoms. The van der Waals surface area contributed by atoms with Crippen LogP contribution < -0.4 is 5.32 Å². The fourth-order valence-electron chi connectivity index (χ4n) is 0.319. The quantitative estimate of drug-likeness (QED) is 0.624. The lowest BCUT2D eigenvalue weighted by molar-refractivity contribution is 0.912. The van der Waals surface area contributed by atoms with Gasteiger partial charge in [-0.05, 0) is 19.5 Å². The van der Waals surface area contributed by atoms with Crippen molar-refractivity contribution in [3.8, 4) is 0 Å². The topological polar surface area (TPSA) is 12.0 Å². The first-order chi connectivity index (χ1) is 3.41. The van der Waals surface area contributed by atoms with Gasteiger partial charge in [0.25, 0.3) is 0 Å². The molecule has 0 aromatic heterocycles. The summed E-state index contributed by atoms with van der Waals surface area (Å²) in [6, 6.07) is 0. The van der Waals surface area contributed by atoms with Crippen molar-refractivity contribution in [1.82, 2.24) is 5.32 Å². The maximum absolute atomic E-state index is 3.07. The molecule has 0 spiro atoms. The minimum absolute atomic E-state index is 0. The molecule has 0 atom stereocenters. The third-order valence-corrected chi connectivity index (χ3v) is 0.676. The molecule has 0 aliphatic heterocycles. The average molecular weight is 136 g/mol. The van der Waals surface area contributed by atoms with Gasteiger partial charge in [0, 0.05) is 6.54 Å². The smallest absolute Gasteiger partial charge is 0.0112 e. The molecule has 1 N–H and O–H groups in total. The predicted molar refractivity (Wildman–Crippen MR) is 40.4 cm³/mol. The number of allylic oxidation sites excluding steroid dienone is 1. The molecule has 0 fully saturated rings. The van der Waals surface area contributed by atoms with Crippen LogP contribution in [0, 0.1) is 0 Å². The van der Waals surface area contributed by atoms with Crippen LogP contribution in [0.1, 0.15) is 20.3 Å². The van der Waals surface area contributed by atoms with Gasteiger partial charge in [0.1, 0.15) is 0 Å². The van der Waals surface area contributed by atoms with E-state index in [-0.39, 0.29) is 12.4 Å². The molecule has 2 heteroatoms. The van der Waals surface area contributed by atoms with E-state index in [9.17, 15) is 0 Å². The second kappa shape index (κ2) is 9.95. The Hall–Kier alpha value is -0.170. The highest BCUT2D eigenvalue weighted by Crippen LogP contribution is 1.73. The molecular formula is C6H14ClN. The van der Waals surface area contributed by atoms with Crippen molar-refractivity contribution in [2.75, 3.05) is 6.54 Å². The van der Waals surface area contributed by atoms with Gasteiger partial charge in [-0.2, -0.15) is 0 Å². The lowest BCUT2D eigenvalue weighted by Gasteiger charge is -1.87. The Morgan fingerprint density at radius 1 is 1.38 bits per heavy atom. The molecular weight excluding hydrogens is 122 g/mol. The molecule has 0 unspecified atom stereocenters. The Bertz CT molecular complexity index is 52.5. The zero-order chi connectivity index (χ0) is 5.54. The molecule has 0 rings (SSSR count). The van der Waals surface area contributed by atoms with Crippen LogP contribution in [-0.2, 0) is 0 Å². The Morgan fingerprint density at radius 2 is 2.00 bits per heavy atom. The number of hydrogen-bond acceptors (Lipinski definition) is 1. The highest BCUT2D eigenvalue weighted by atomic mass is 35.5. The molecule has 0 aliphatic rings. The molecule has 0 radical (unpaired) electrons. The summed E-state index contributed by atoms with van der Waals surface area (Å²) in [6.45, 7) is 5.23. The van der Waals surface area contributed by atoms with E-state index >= 15 is 0 Å². The van der Waals surface area contributed by atoms with Crippen LogP contribution in [0.25, 0.3) is 0 Å². The molecule has 0 aliphatic carbocycles. The fraction of sp³-hybridized carbons (Fsp3) is 0.667. The number of hydrogen-bond donors (Lipinski definition) is 1. The Labute approximate surface area is 57.6 Å². The van der Waals surface area contributed by atoms with E-state index in [1.807, 2.05) is 6.20 Å². The molecule has 0 saturated heterocycles. The van der Waals surface area contributed by atoms with E-state index in [1.54, 1.807) is 0 Å². The van der Waals surface area contributed by atoms with Crippen LogP contribution in [0.3, 0.4) is 0 Å². The summed E-state index contributed by atoms with van der Waals surface area (Å²) in [5.74, 6) is 0. The number of halogens is 1. The first-order valence-corrected chi connectivity index (χ1v) is 2.80. The third kappa shape index (κ3) is 9.27. The van der Waals surface area contributed by atoms with Crippen molar-refractivity contribution >= 4 is 12.4 Å². The van der Waals surface area contributed by atoms with Crippen LogP contribution in [0.15, 0.2) is 12.3 Å². The predicted octanol–water partition coefficient (Wildman–Crippen LogP) is 1.94. The Morgan fingerprint density at radius 3 is 2.38 bits per heavy atom. The summed E-state index contributed by atoms with van der Waals surface area (Å²) in [4.78, 5) is 0. The van der Waals surface area contributed by atoms with E-state index < -0.39 is 0 Å². The van der Waals surface area contributed by atoms with Crippen molar-refractivity contribution in [1.29, 1.82) is 0 Å². The largest absolute Gasteiger partial charge is 0.391 e. The average Bonchev–Trinajstić information content (AvgIpc) is 1.69. The normalized spacial score (nSPS) is 8.75. The highest BCUT2D eigenvalue weighted by molar-refractivity contribution is 5.85. The van der Waals surface area contributed by atoms with Crippen molar-refractivity contribution in [2.24, 2.45) is 0 Å². The lowest BCUT2D eigenvalue weighted by atomic mass is 10.5. The summed E-state index contributed by atoms with van der Waals surface area (Å²) in [5.41, 5.74) is 0. The summed E-state index contributed by atoms with van der Waals surface area (Å²) in [7, 11) is 0. The van der Waals surface area contributed by atoms with Crippen molar-refractivity contribution in [2.45, 2.75) is 20.3 Å². The monoisotopic (exact) mass is 135 g/mol. The molecule has 0 aromatic rings. The van der Waals surface area contributed by atoms with Gasteiger partial charge in [-0.25, -0.2) is 0 Å². The first kappa shape index (κ1) is 10.7. The van der Waals surface area contributed by atoms with Crippen molar-refractivity contribution < 1.29 is 0 Å². The second-order valence-electron chi connectivity index (χ2n) is 1.37. The molecule has 0 aromatic carbocycles. The van der Waals surface area contributed by atoms with Gasteiger partial charge in [-0.1, -0.05) is 13.0 Å². The van der Waals surface area contributed by atoms with Gasteiger partial charge in [0.05, 0.1) is 0 Å². The van der Waals surface area contributed by atoms with Gasteiger partial charge in [-0.3, -0.25) is 0 Å². The van der Waals surface area contributed by atoms with Crippen molar-refractivity contribution in [3.05, 3.63) is 12.3 Å². The molecule has 0 heterocycles. The fourth-order valence-corrected chi connectivity index (χ4v) is 0.319. The van der Waals surface area contributed by atoms with Gasteiger partial charge >= 0.3 is 0 Å². The molecule has 1 nitrogen and oxygen atoms in total. The van der Waals surface area contributed by atoms with E-state index in [0.29, 0.717) is 0 Å². The summed E-state index contributed by atoms with van der Waals surface area (Å²) in [6.07, 6.45) is 5.20. The van der Waals surface area contributed by atoms with Crippen LogP contribution in [0.2, 0.25) is 0 Å². The minimum atomic E-state index is 0. The van der Waals surface area contributed by atoms with Gasteiger partial charge in [-0.15, -0.1) is 12.4 Å². The zero-order valence-corrected chi connectivity index (χ0v) is 6.29. The van der Waals surface area contributed by atoms with E-state index in [2.05, 4.69) is 25.2 Å². The van der Waals surface area contributed by atoms with Gasteiger partial charge < -0.3 is 5.32 Å². The lowest BCUT2D eigenvalue weighted by Crippen LogP contribution is -2.00. The molecule has 50 valence electrons. The first-order valence-electron chi connectivity index (χ1n) is 2.80. The van der Waals surface area contributed by atoms with E-state index in [1.165, 1.54) is 0 Å². The Kier molecular flexibility index (Phi) is 13.4. The van der Waals surface area contributed by atoms with E-state index in [0.717, 1.165) is 13.0 Å². The summed E-state index contributed by atoms with van der Waals surface area (Å²) < 4.78 is 0. The standard InChI is InChI=1S/C6H13N.ClH/c1-3-5-6-7-4-2;/h5-7H,3-4H2,1-2H3;1H.